The van der Waals surface area contributed by atoms with Gasteiger partial charge in [0.2, 0.25) is 5.91 Å². The lowest BCUT2D eigenvalue weighted by Gasteiger charge is -2.47. The van der Waals surface area contributed by atoms with Crippen molar-refractivity contribution in [1.82, 2.24) is 25.2 Å². The van der Waals surface area contributed by atoms with Crippen LogP contribution < -0.4 is 5.32 Å². The molecule has 10 nitrogen and oxygen atoms in total. The molecule has 3 heterocycles. The van der Waals surface area contributed by atoms with Gasteiger partial charge in [-0.05, 0) is 19.8 Å². The Balaban J connectivity index is 1.82. The van der Waals surface area contributed by atoms with Crippen molar-refractivity contribution in [2.45, 2.75) is 44.1 Å². The van der Waals surface area contributed by atoms with Crippen LogP contribution >= 0.6 is 11.8 Å². The maximum atomic E-state index is 12.6. The summed E-state index contributed by atoms with van der Waals surface area (Å²) < 4.78 is 1.59. The predicted octanol–water partition coefficient (Wildman–Crippen LogP) is 0.549. The maximum absolute atomic E-state index is 12.6. The van der Waals surface area contributed by atoms with Gasteiger partial charge in [-0.25, -0.2) is 4.79 Å². The number of aliphatic carboxylic acids is 1. The van der Waals surface area contributed by atoms with E-state index in [1.807, 2.05) is 0 Å². The molecular formula is C18H26N6O4S. The molecule has 4 atom stereocenters. The molecule has 158 valence electrons. The lowest BCUT2D eigenvalue weighted by atomic mass is 9.77. The highest BCUT2D eigenvalue weighted by molar-refractivity contribution is 8.02. The number of hydrogen-bond donors (Lipinski definition) is 4. The van der Waals surface area contributed by atoms with Gasteiger partial charge in [0.1, 0.15) is 5.70 Å². The van der Waals surface area contributed by atoms with Gasteiger partial charge in [0.15, 0.2) is 0 Å². The van der Waals surface area contributed by atoms with Crippen LogP contribution in [0.3, 0.4) is 0 Å². The molecule has 0 bridgehead atoms. The highest BCUT2D eigenvalue weighted by Gasteiger charge is 2.60. The second-order valence-electron chi connectivity index (χ2n) is 7.36. The number of β-lactam (4-membered cyclic amide) rings is 1. The number of aromatic nitrogens is 3. The molecule has 2 aliphatic heterocycles. The second-order valence-corrected chi connectivity index (χ2v) is 8.37. The van der Waals surface area contributed by atoms with Crippen molar-refractivity contribution in [1.29, 1.82) is 5.41 Å². The number of aliphatic hydroxyl groups is 1. The SMILES string of the molecule is C[C@@H](O)[C@H]1C(=O)N2C(C(=O)O)=C(SCc3cn(C)nn3)[C@H](CCCCNC=N)[C@H]12. The summed E-state index contributed by atoms with van der Waals surface area (Å²) in [6.45, 7) is 2.25. The molecule has 0 aliphatic carbocycles. The van der Waals surface area contributed by atoms with E-state index in [0.29, 0.717) is 23.6 Å². The van der Waals surface area contributed by atoms with E-state index >= 15 is 0 Å². The quantitative estimate of drug-likeness (QED) is 0.175. The number of unbranched alkanes of at least 4 members (excludes halogenated alkanes) is 1. The molecule has 0 spiro atoms. The van der Waals surface area contributed by atoms with Gasteiger partial charge < -0.3 is 20.4 Å². The van der Waals surface area contributed by atoms with E-state index in [9.17, 15) is 19.8 Å². The van der Waals surface area contributed by atoms with Gasteiger partial charge in [-0.15, -0.1) is 16.9 Å². The molecule has 2 aliphatic rings. The Morgan fingerprint density at radius 1 is 1.48 bits per heavy atom. The highest BCUT2D eigenvalue weighted by Crippen LogP contribution is 2.52. The van der Waals surface area contributed by atoms with Crippen LogP contribution in [0.25, 0.3) is 0 Å². The number of carboxylic acid groups (broad SMARTS) is 1. The number of aliphatic hydroxyl groups excluding tert-OH is 1. The van der Waals surface area contributed by atoms with E-state index in [0.717, 1.165) is 24.9 Å². The molecule has 11 heteroatoms. The average molecular weight is 423 g/mol. The number of thioether (sulfide) groups is 1. The van der Waals surface area contributed by atoms with Crippen molar-refractivity contribution in [3.63, 3.8) is 0 Å². The fourth-order valence-corrected chi connectivity index (χ4v) is 5.35. The first-order valence-electron chi connectivity index (χ1n) is 9.55. The normalized spacial score (nSPS) is 24.3. The van der Waals surface area contributed by atoms with Crippen LogP contribution in [-0.2, 0) is 22.4 Å². The van der Waals surface area contributed by atoms with Gasteiger partial charge in [0, 0.05) is 36.4 Å². The number of aryl methyl sites for hydroxylation is 1. The highest BCUT2D eigenvalue weighted by atomic mass is 32.2. The minimum absolute atomic E-state index is 0.0356. The van der Waals surface area contributed by atoms with Crippen LogP contribution in [-0.4, -0.2) is 67.0 Å². The van der Waals surface area contributed by atoms with Crippen molar-refractivity contribution in [2.24, 2.45) is 18.9 Å². The summed E-state index contributed by atoms with van der Waals surface area (Å²) in [5.41, 5.74) is 0.768. The molecule has 0 aromatic carbocycles. The number of carbonyl (C=O) groups is 2. The monoisotopic (exact) mass is 422 g/mol. The summed E-state index contributed by atoms with van der Waals surface area (Å²) in [5.74, 6) is -1.71. The fourth-order valence-electron chi connectivity index (χ4n) is 4.12. The first-order valence-corrected chi connectivity index (χ1v) is 10.5. The zero-order valence-electron chi connectivity index (χ0n) is 16.4. The van der Waals surface area contributed by atoms with Crippen LogP contribution in [0.1, 0.15) is 31.9 Å². The van der Waals surface area contributed by atoms with Gasteiger partial charge in [0.05, 0.1) is 30.1 Å². The Labute approximate surface area is 172 Å². The summed E-state index contributed by atoms with van der Waals surface area (Å²) in [6, 6.07) is -0.325. The maximum Gasteiger partial charge on any atom is 0.353 e. The third kappa shape index (κ3) is 4.15. The van der Waals surface area contributed by atoms with Crippen LogP contribution in [0.2, 0.25) is 0 Å². The molecule has 0 unspecified atom stereocenters. The molecule has 0 radical (unpaired) electrons. The van der Waals surface area contributed by atoms with E-state index in [1.54, 1.807) is 24.9 Å². The minimum Gasteiger partial charge on any atom is -0.477 e. The summed E-state index contributed by atoms with van der Waals surface area (Å²) in [4.78, 5) is 26.6. The molecule has 1 amide bonds. The number of carboxylic acids is 1. The molecule has 1 fully saturated rings. The number of nitrogens with zero attached hydrogens (tertiary/aromatic N) is 4. The topological polar surface area (TPSA) is 144 Å². The van der Waals surface area contributed by atoms with Crippen LogP contribution in [0, 0.1) is 17.2 Å². The molecule has 1 saturated heterocycles. The first-order chi connectivity index (χ1) is 13.9. The Morgan fingerprint density at radius 2 is 2.24 bits per heavy atom. The van der Waals surface area contributed by atoms with Gasteiger partial charge >= 0.3 is 5.97 Å². The van der Waals surface area contributed by atoms with E-state index in [2.05, 4.69) is 15.6 Å². The van der Waals surface area contributed by atoms with Crippen LogP contribution in [0.4, 0.5) is 0 Å². The van der Waals surface area contributed by atoms with E-state index in [1.165, 1.54) is 16.7 Å². The number of amides is 1. The van der Waals surface area contributed by atoms with Crippen LogP contribution in [0.15, 0.2) is 16.8 Å². The predicted molar refractivity (Wildman–Crippen MR) is 107 cm³/mol. The molecule has 4 N–H and O–H groups in total. The largest absolute Gasteiger partial charge is 0.477 e. The third-order valence-corrected chi connectivity index (χ3v) is 6.60. The van der Waals surface area contributed by atoms with Crippen molar-refractivity contribution >= 4 is 30.0 Å². The van der Waals surface area contributed by atoms with Gasteiger partial charge in [-0.1, -0.05) is 11.6 Å². The average Bonchev–Trinajstić information content (AvgIpc) is 3.18. The Hall–Kier alpha value is -2.40. The molecule has 3 rings (SSSR count). The lowest BCUT2D eigenvalue weighted by Crippen LogP contribution is -2.63. The zero-order valence-corrected chi connectivity index (χ0v) is 17.2. The summed E-state index contributed by atoms with van der Waals surface area (Å²) in [6.07, 6.45) is 4.45. The number of nitrogens with one attached hydrogen (secondary N) is 2. The Bertz CT molecular complexity index is 823. The van der Waals surface area contributed by atoms with Crippen LogP contribution in [0.5, 0.6) is 0 Å². The number of hydrogen-bond acceptors (Lipinski definition) is 7. The number of carbonyl (C=O) groups excluding carboxylic acids is 1. The van der Waals surface area contributed by atoms with Gasteiger partial charge in [-0.2, -0.15) is 0 Å². The van der Waals surface area contributed by atoms with Gasteiger partial charge in [-0.3, -0.25) is 14.9 Å². The Morgan fingerprint density at radius 3 is 2.83 bits per heavy atom. The van der Waals surface area contributed by atoms with Gasteiger partial charge in [0.25, 0.3) is 0 Å². The molecule has 0 saturated carbocycles. The molecular weight excluding hydrogens is 396 g/mol. The molecule has 1 aromatic heterocycles. The summed E-state index contributed by atoms with van der Waals surface area (Å²) >= 11 is 1.38. The second kappa shape index (κ2) is 8.95. The van der Waals surface area contributed by atoms with E-state index < -0.39 is 18.0 Å². The number of fused-ring (bicyclic) bond motifs is 1. The van der Waals surface area contributed by atoms with Crippen molar-refractivity contribution in [3.8, 4) is 0 Å². The first kappa shape index (κ1) is 21.3. The summed E-state index contributed by atoms with van der Waals surface area (Å²) in [7, 11) is 1.77. The third-order valence-electron chi connectivity index (χ3n) is 5.35. The van der Waals surface area contributed by atoms with Crippen molar-refractivity contribution < 1.29 is 19.8 Å². The molecule has 1 aromatic rings. The van der Waals surface area contributed by atoms with Crippen molar-refractivity contribution in [2.75, 3.05) is 6.54 Å². The number of rotatable bonds is 11. The molecule has 29 heavy (non-hydrogen) atoms. The van der Waals surface area contributed by atoms with Crippen molar-refractivity contribution in [3.05, 3.63) is 22.5 Å². The summed E-state index contributed by atoms with van der Waals surface area (Å²) in [5, 5.41) is 37.7. The standard InChI is InChI=1S/C18H26N6O4S/c1-10(25)13-14-12(5-3-4-6-20-9-19)16(15(18(27)28)24(14)17(13)26)29-8-11-7-23(2)22-21-11/h7,9-10,12-14,25H,3-6,8H2,1-2H3,(H2,19,20)(H,27,28)/t10-,12-,13-,14-/m1/s1. The zero-order chi connectivity index (χ0) is 21.1. The smallest absolute Gasteiger partial charge is 0.353 e. The van der Waals surface area contributed by atoms with E-state index in [4.69, 9.17) is 5.41 Å². The Kier molecular flexibility index (Phi) is 6.58. The minimum atomic E-state index is -1.12. The van der Waals surface area contributed by atoms with E-state index in [-0.39, 0.29) is 23.6 Å². The lowest BCUT2D eigenvalue weighted by molar-refractivity contribution is -0.163. The fraction of sp³-hybridized carbons (Fsp3) is 0.611.